The number of nitrogens with zero attached hydrogens (tertiary/aromatic N) is 3. The summed E-state index contributed by atoms with van der Waals surface area (Å²) < 4.78 is 0. The van der Waals surface area contributed by atoms with Gasteiger partial charge in [-0.3, -0.25) is 9.59 Å². The number of rotatable bonds is 3. The number of carbonyl (C=O) groups excluding carboxylic acids is 2. The molecule has 1 saturated carbocycles. The number of nitrogens with two attached hydrogens (primary N) is 1. The minimum atomic E-state index is -0.981. The number of nitriles is 1. The highest BCUT2D eigenvalue weighted by Gasteiger charge is 2.43. The van der Waals surface area contributed by atoms with Crippen LogP contribution in [0.4, 0.5) is 17.2 Å². The van der Waals surface area contributed by atoms with Gasteiger partial charge in [-0.1, -0.05) is 0 Å². The second-order valence-electron chi connectivity index (χ2n) is 6.69. The summed E-state index contributed by atoms with van der Waals surface area (Å²) in [5.74, 6) is -0.689. The lowest BCUT2D eigenvalue weighted by molar-refractivity contribution is -0.124. The average molecular weight is 351 g/mol. The van der Waals surface area contributed by atoms with Crippen LogP contribution in [0.2, 0.25) is 0 Å². The molecule has 3 unspecified atom stereocenters. The van der Waals surface area contributed by atoms with Gasteiger partial charge >= 0.3 is 0 Å². The number of aromatic nitrogens is 1. The number of fused-ring (bicyclic) bond motifs is 1. The topological polar surface area (TPSA) is 132 Å². The second kappa shape index (κ2) is 5.97. The number of nitrogen functional groups attached to an aromatic ring is 1. The first-order valence-electron chi connectivity index (χ1n) is 8.37. The molecule has 1 aliphatic heterocycles. The molecule has 2 aliphatic rings. The second-order valence-corrected chi connectivity index (χ2v) is 6.69. The Morgan fingerprint density at radius 3 is 2.88 bits per heavy atom. The monoisotopic (exact) mass is 351 g/mol. The summed E-state index contributed by atoms with van der Waals surface area (Å²) in [6, 6.07) is 7.24. The molecule has 2 fully saturated rings. The molecule has 1 aliphatic carbocycles. The highest BCUT2D eigenvalue weighted by molar-refractivity contribution is 6.04. The first kappa shape index (κ1) is 16.3. The van der Waals surface area contributed by atoms with Gasteiger partial charge < -0.3 is 21.1 Å². The van der Waals surface area contributed by atoms with Crippen molar-refractivity contribution in [1.29, 1.82) is 5.26 Å². The molecule has 8 heteroatoms. The Balaban J connectivity index is 1.63. The molecule has 4 N–H and O–H groups in total. The summed E-state index contributed by atoms with van der Waals surface area (Å²) in [6.07, 6.45) is 1.55. The zero-order chi connectivity index (χ0) is 18.4. The Morgan fingerprint density at radius 2 is 2.23 bits per heavy atom. The van der Waals surface area contributed by atoms with Crippen molar-refractivity contribution < 1.29 is 14.7 Å². The number of amides is 2. The van der Waals surface area contributed by atoms with Gasteiger partial charge in [0.05, 0.1) is 17.9 Å². The van der Waals surface area contributed by atoms with Gasteiger partial charge in [0.1, 0.15) is 11.9 Å². The number of aliphatic hydroxyl groups is 1. The van der Waals surface area contributed by atoms with Gasteiger partial charge in [-0.05, 0) is 30.0 Å². The van der Waals surface area contributed by atoms with Crippen LogP contribution < -0.4 is 16.0 Å². The van der Waals surface area contributed by atoms with Crippen LogP contribution in [0.1, 0.15) is 12.8 Å². The summed E-state index contributed by atoms with van der Waals surface area (Å²) >= 11 is 0. The minimum Gasteiger partial charge on any atom is -0.398 e. The van der Waals surface area contributed by atoms with Crippen molar-refractivity contribution in [3.05, 3.63) is 24.4 Å². The molecule has 1 aromatic heterocycles. The molecule has 2 heterocycles. The van der Waals surface area contributed by atoms with Crippen LogP contribution in [-0.2, 0) is 9.59 Å². The van der Waals surface area contributed by atoms with Crippen LogP contribution in [-0.4, -0.2) is 34.6 Å². The summed E-state index contributed by atoms with van der Waals surface area (Å²) in [4.78, 5) is 29.8. The summed E-state index contributed by atoms with van der Waals surface area (Å²) in [7, 11) is 0. The molecule has 0 bridgehead atoms. The highest BCUT2D eigenvalue weighted by atomic mass is 16.3. The molecule has 0 spiro atoms. The van der Waals surface area contributed by atoms with Gasteiger partial charge in [0.15, 0.2) is 0 Å². The van der Waals surface area contributed by atoms with Gasteiger partial charge in [-0.15, -0.1) is 0 Å². The Labute approximate surface area is 149 Å². The SMILES string of the molecule is N#CC1CC1C(=O)Nc1cc2cc(N3CCC(O)C3=O)cc(N)c2cn1. The third-order valence-corrected chi connectivity index (χ3v) is 4.89. The van der Waals surface area contributed by atoms with Gasteiger partial charge in [0.2, 0.25) is 5.91 Å². The van der Waals surface area contributed by atoms with E-state index < -0.39 is 6.10 Å². The molecular formula is C18H17N5O3. The van der Waals surface area contributed by atoms with E-state index in [1.807, 2.05) is 0 Å². The maximum atomic E-state index is 12.1. The van der Waals surface area contributed by atoms with E-state index in [2.05, 4.69) is 16.4 Å². The molecule has 2 amide bonds. The molecule has 3 atom stereocenters. The Bertz CT molecular complexity index is 967. The van der Waals surface area contributed by atoms with E-state index in [0.29, 0.717) is 42.0 Å². The maximum Gasteiger partial charge on any atom is 0.255 e. The van der Waals surface area contributed by atoms with E-state index in [9.17, 15) is 14.7 Å². The third-order valence-electron chi connectivity index (χ3n) is 4.89. The lowest BCUT2D eigenvalue weighted by atomic mass is 10.1. The fourth-order valence-corrected chi connectivity index (χ4v) is 3.26. The minimum absolute atomic E-state index is 0.217. The van der Waals surface area contributed by atoms with E-state index in [1.165, 1.54) is 4.90 Å². The molecule has 1 aromatic carbocycles. The van der Waals surface area contributed by atoms with Crippen molar-refractivity contribution in [1.82, 2.24) is 4.98 Å². The van der Waals surface area contributed by atoms with Crippen LogP contribution in [0.25, 0.3) is 10.8 Å². The average Bonchev–Trinajstić information content (AvgIpc) is 3.34. The third kappa shape index (κ3) is 2.72. The van der Waals surface area contributed by atoms with Crippen molar-refractivity contribution >= 4 is 39.8 Å². The summed E-state index contributed by atoms with van der Waals surface area (Å²) in [6.45, 7) is 0.427. The molecule has 4 rings (SSSR count). The number of pyridine rings is 1. The number of hydrogen-bond acceptors (Lipinski definition) is 6. The fourth-order valence-electron chi connectivity index (χ4n) is 3.26. The van der Waals surface area contributed by atoms with E-state index in [1.54, 1.807) is 24.4 Å². The number of hydrogen-bond donors (Lipinski definition) is 3. The van der Waals surface area contributed by atoms with Crippen LogP contribution in [0.15, 0.2) is 24.4 Å². The van der Waals surface area contributed by atoms with Crippen LogP contribution in [0.5, 0.6) is 0 Å². The van der Waals surface area contributed by atoms with E-state index in [-0.39, 0.29) is 23.7 Å². The van der Waals surface area contributed by atoms with E-state index in [4.69, 9.17) is 11.0 Å². The molecule has 2 aromatic rings. The number of anilines is 3. The highest BCUT2D eigenvalue weighted by Crippen LogP contribution is 2.38. The Hall–Kier alpha value is -3.18. The number of nitrogens with one attached hydrogen (secondary N) is 1. The normalized spacial score (nSPS) is 24.5. The lowest BCUT2D eigenvalue weighted by Gasteiger charge is -2.18. The van der Waals surface area contributed by atoms with Gasteiger partial charge in [0.25, 0.3) is 5.91 Å². The quantitative estimate of drug-likeness (QED) is 0.707. The van der Waals surface area contributed by atoms with Crippen LogP contribution in [0.3, 0.4) is 0 Å². The van der Waals surface area contributed by atoms with Crippen LogP contribution >= 0.6 is 0 Å². The van der Waals surface area contributed by atoms with Crippen molar-refractivity contribution in [3.63, 3.8) is 0 Å². The lowest BCUT2D eigenvalue weighted by Crippen LogP contribution is -2.29. The fraction of sp³-hybridized carbons (Fsp3) is 0.333. The standard InChI is InChI=1S/C18H17N5O3/c19-7-10-4-12(10)17(25)22-16-5-9-3-11(6-14(20)13(9)8-21-16)23-2-1-15(24)18(23)26/h3,5-6,8,10,12,15,24H,1-2,4,20H2,(H,21,22,25). The van der Waals surface area contributed by atoms with Gasteiger partial charge in [0, 0.05) is 35.9 Å². The smallest absolute Gasteiger partial charge is 0.255 e. The first-order valence-corrected chi connectivity index (χ1v) is 8.37. The predicted octanol–water partition coefficient (Wildman–Crippen LogP) is 1.01. The largest absolute Gasteiger partial charge is 0.398 e. The predicted molar refractivity (Wildman–Crippen MR) is 95.0 cm³/mol. The van der Waals surface area contributed by atoms with Gasteiger partial charge in [-0.2, -0.15) is 5.26 Å². The van der Waals surface area contributed by atoms with E-state index in [0.717, 1.165) is 5.39 Å². The molecule has 1 saturated heterocycles. The number of aliphatic hydroxyl groups excluding tert-OH is 1. The zero-order valence-corrected chi connectivity index (χ0v) is 13.8. The Morgan fingerprint density at radius 1 is 1.42 bits per heavy atom. The molecular weight excluding hydrogens is 334 g/mol. The molecule has 8 nitrogen and oxygen atoms in total. The zero-order valence-electron chi connectivity index (χ0n) is 13.8. The van der Waals surface area contributed by atoms with Gasteiger partial charge in [-0.25, -0.2) is 4.98 Å². The molecule has 132 valence electrons. The van der Waals surface area contributed by atoms with Crippen molar-refractivity contribution in [2.45, 2.75) is 18.9 Å². The Kier molecular flexibility index (Phi) is 3.74. The van der Waals surface area contributed by atoms with Crippen molar-refractivity contribution in [2.24, 2.45) is 11.8 Å². The van der Waals surface area contributed by atoms with Crippen molar-refractivity contribution in [3.8, 4) is 6.07 Å². The number of carbonyl (C=O) groups is 2. The van der Waals surface area contributed by atoms with Crippen molar-refractivity contribution in [2.75, 3.05) is 22.5 Å². The summed E-state index contributed by atoms with van der Waals surface area (Å²) in [5.41, 5.74) is 7.15. The van der Waals surface area contributed by atoms with E-state index >= 15 is 0 Å². The molecule has 0 radical (unpaired) electrons. The van der Waals surface area contributed by atoms with Crippen LogP contribution in [0, 0.1) is 23.2 Å². The molecule has 26 heavy (non-hydrogen) atoms. The summed E-state index contributed by atoms with van der Waals surface area (Å²) in [5, 5.41) is 22.6. The maximum absolute atomic E-state index is 12.1. The number of benzene rings is 1. The first-order chi connectivity index (χ1) is 12.5.